The molecule has 0 bridgehead atoms. The van der Waals surface area contributed by atoms with Crippen LogP contribution in [0.4, 0.5) is 4.39 Å². The molecule has 0 aromatic heterocycles. The Morgan fingerprint density at radius 1 is 1.24 bits per heavy atom. The first kappa shape index (κ1) is 14.8. The van der Waals surface area contributed by atoms with E-state index in [1.807, 2.05) is 0 Å². The van der Waals surface area contributed by atoms with E-state index in [0.29, 0.717) is 12.0 Å². The van der Waals surface area contributed by atoms with E-state index in [0.717, 1.165) is 30.7 Å². The molecule has 1 fully saturated rings. The summed E-state index contributed by atoms with van der Waals surface area (Å²) in [5.41, 5.74) is 1.04. The number of fused-ring (bicyclic) bond motifs is 1. The number of hydrogen-bond donors (Lipinski definition) is 1. The van der Waals surface area contributed by atoms with Gasteiger partial charge in [0.25, 0.3) is 0 Å². The van der Waals surface area contributed by atoms with Crippen LogP contribution in [0.25, 0.3) is 0 Å². The first-order chi connectivity index (χ1) is 10.3. The first-order valence-corrected chi connectivity index (χ1v) is 8.44. The van der Waals surface area contributed by atoms with Crippen LogP contribution in [0.2, 0.25) is 0 Å². The molecule has 1 saturated carbocycles. The highest BCUT2D eigenvalue weighted by molar-refractivity contribution is 5.37. The molecule has 3 atom stereocenters. The van der Waals surface area contributed by atoms with Crippen molar-refractivity contribution in [2.45, 2.75) is 64.0 Å². The molecule has 1 aliphatic heterocycles. The highest BCUT2D eigenvalue weighted by atomic mass is 19.1. The zero-order chi connectivity index (χ0) is 14.7. The molecule has 21 heavy (non-hydrogen) atoms. The van der Waals surface area contributed by atoms with Gasteiger partial charge in [-0.15, -0.1) is 0 Å². The minimum atomic E-state index is -0.155. The van der Waals surface area contributed by atoms with Crippen molar-refractivity contribution in [2.75, 3.05) is 6.54 Å². The Balaban J connectivity index is 1.63. The molecule has 0 amide bonds. The van der Waals surface area contributed by atoms with Crippen LogP contribution in [0, 0.1) is 11.7 Å². The van der Waals surface area contributed by atoms with Gasteiger partial charge in [-0.2, -0.15) is 0 Å². The molecule has 0 spiro atoms. The summed E-state index contributed by atoms with van der Waals surface area (Å²) >= 11 is 0. The van der Waals surface area contributed by atoms with Crippen LogP contribution >= 0.6 is 0 Å². The third kappa shape index (κ3) is 3.57. The zero-order valence-electron chi connectivity index (χ0n) is 12.9. The molecule has 1 N–H and O–H groups in total. The summed E-state index contributed by atoms with van der Waals surface area (Å²) < 4.78 is 19.3. The van der Waals surface area contributed by atoms with Crippen LogP contribution in [-0.4, -0.2) is 18.7 Å². The second kappa shape index (κ2) is 6.78. The molecule has 2 aliphatic rings. The molecule has 1 heterocycles. The maximum Gasteiger partial charge on any atom is 0.123 e. The number of hydrogen-bond acceptors (Lipinski definition) is 2. The van der Waals surface area contributed by atoms with E-state index in [2.05, 4.69) is 12.2 Å². The molecule has 2 nitrogen and oxygen atoms in total. The smallest absolute Gasteiger partial charge is 0.123 e. The molecule has 0 saturated heterocycles. The molecule has 3 rings (SSSR count). The van der Waals surface area contributed by atoms with Crippen LogP contribution in [0.15, 0.2) is 18.2 Å². The maximum absolute atomic E-state index is 13.3. The fourth-order valence-corrected chi connectivity index (χ4v) is 3.96. The largest absolute Gasteiger partial charge is 0.490 e. The predicted octanol–water partition coefficient (Wildman–Crippen LogP) is 4.08. The second-order valence-electron chi connectivity index (χ2n) is 6.49. The lowest BCUT2D eigenvalue weighted by Gasteiger charge is -2.28. The van der Waals surface area contributed by atoms with Crippen molar-refractivity contribution in [2.24, 2.45) is 5.92 Å². The Morgan fingerprint density at radius 3 is 2.95 bits per heavy atom. The quantitative estimate of drug-likeness (QED) is 0.844. The Kier molecular flexibility index (Phi) is 4.79. The van der Waals surface area contributed by atoms with E-state index >= 15 is 0 Å². The zero-order valence-corrected chi connectivity index (χ0v) is 12.9. The number of rotatable bonds is 4. The maximum atomic E-state index is 13.3. The molecule has 116 valence electrons. The van der Waals surface area contributed by atoms with Gasteiger partial charge >= 0.3 is 0 Å². The van der Waals surface area contributed by atoms with Gasteiger partial charge in [-0.05, 0) is 49.9 Å². The summed E-state index contributed by atoms with van der Waals surface area (Å²) in [7, 11) is 0. The van der Waals surface area contributed by atoms with E-state index in [4.69, 9.17) is 4.74 Å². The minimum Gasteiger partial charge on any atom is -0.490 e. The second-order valence-corrected chi connectivity index (χ2v) is 6.49. The van der Waals surface area contributed by atoms with Crippen LogP contribution < -0.4 is 10.1 Å². The molecule has 0 radical (unpaired) electrons. The van der Waals surface area contributed by atoms with Gasteiger partial charge in [0.2, 0.25) is 0 Å². The Labute approximate surface area is 127 Å². The predicted molar refractivity (Wildman–Crippen MR) is 83.2 cm³/mol. The standard InChI is InChI=1S/C18H26FNO/c1-2-20-17-7-5-3-4-6-13(17)11-16-12-14-10-15(19)8-9-18(14)21-16/h8-10,13,16-17,20H,2-7,11-12H2,1H3. The van der Waals surface area contributed by atoms with Crippen LogP contribution in [0.3, 0.4) is 0 Å². The highest BCUT2D eigenvalue weighted by Crippen LogP contribution is 2.35. The number of benzene rings is 1. The Morgan fingerprint density at radius 2 is 2.10 bits per heavy atom. The van der Waals surface area contributed by atoms with E-state index in [1.165, 1.54) is 38.2 Å². The summed E-state index contributed by atoms with van der Waals surface area (Å²) in [6, 6.07) is 5.53. The lowest BCUT2D eigenvalue weighted by Crippen LogP contribution is -2.37. The van der Waals surface area contributed by atoms with Crippen molar-refractivity contribution in [3.8, 4) is 5.75 Å². The first-order valence-electron chi connectivity index (χ1n) is 8.44. The minimum absolute atomic E-state index is 0.155. The van der Waals surface area contributed by atoms with Gasteiger partial charge in [-0.25, -0.2) is 4.39 Å². The summed E-state index contributed by atoms with van der Waals surface area (Å²) in [5.74, 6) is 1.42. The lowest BCUT2D eigenvalue weighted by atomic mass is 9.88. The average molecular weight is 291 g/mol. The van der Waals surface area contributed by atoms with Gasteiger partial charge in [-0.3, -0.25) is 0 Å². The van der Waals surface area contributed by atoms with E-state index in [-0.39, 0.29) is 11.9 Å². The molecular weight excluding hydrogens is 265 g/mol. The summed E-state index contributed by atoms with van der Waals surface area (Å²) in [4.78, 5) is 0. The van der Waals surface area contributed by atoms with Gasteiger partial charge in [0, 0.05) is 18.0 Å². The fraction of sp³-hybridized carbons (Fsp3) is 0.667. The van der Waals surface area contributed by atoms with Crippen molar-refractivity contribution in [3.05, 3.63) is 29.6 Å². The number of nitrogens with one attached hydrogen (secondary N) is 1. The van der Waals surface area contributed by atoms with Gasteiger partial charge in [0.05, 0.1) is 0 Å². The Hall–Kier alpha value is -1.09. The van der Waals surface area contributed by atoms with Crippen LogP contribution in [-0.2, 0) is 6.42 Å². The topological polar surface area (TPSA) is 21.3 Å². The normalized spacial score (nSPS) is 28.8. The third-order valence-corrected chi connectivity index (χ3v) is 4.95. The van der Waals surface area contributed by atoms with Crippen molar-refractivity contribution in [3.63, 3.8) is 0 Å². The van der Waals surface area contributed by atoms with Gasteiger partial charge < -0.3 is 10.1 Å². The SMILES string of the molecule is CCNC1CCCCCC1CC1Cc2cc(F)ccc2O1. The monoisotopic (exact) mass is 291 g/mol. The van der Waals surface area contributed by atoms with Crippen molar-refractivity contribution < 1.29 is 9.13 Å². The molecule has 3 unspecified atom stereocenters. The number of halogens is 1. The van der Waals surface area contributed by atoms with E-state index in [1.54, 1.807) is 12.1 Å². The van der Waals surface area contributed by atoms with Crippen molar-refractivity contribution in [1.82, 2.24) is 5.32 Å². The molecule has 3 heteroatoms. The summed E-state index contributed by atoms with van der Waals surface area (Å²) in [6.45, 7) is 3.23. The molecular formula is C18H26FNO. The summed E-state index contributed by atoms with van der Waals surface area (Å²) in [6.07, 6.45) is 8.79. The van der Waals surface area contributed by atoms with Crippen molar-refractivity contribution in [1.29, 1.82) is 0 Å². The molecule has 1 aromatic carbocycles. The van der Waals surface area contributed by atoms with Gasteiger partial charge in [-0.1, -0.05) is 26.2 Å². The highest BCUT2D eigenvalue weighted by Gasteiger charge is 2.30. The summed E-state index contributed by atoms with van der Waals surface area (Å²) in [5, 5.41) is 3.66. The van der Waals surface area contributed by atoms with Gasteiger partial charge in [0.1, 0.15) is 17.7 Å². The number of ether oxygens (including phenoxy) is 1. The molecule has 1 aliphatic carbocycles. The fourth-order valence-electron chi connectivity index (χ4n) is 3.96. The Bertz CT molecular complexity index is 476. The molecule has 1 aromatic rings. The third-order valence-electron chi connectivity index (χ3n) is 4.95. The average Bonchev–Trinajstić information content (AvgIpc) is 2.73. The van der Waals surface area contributed by atoms with Gasteiger partial charge in [0.15, 0.2) is 0 Å². The van der Waals surface area contributed by atoms with Crippen molar-refractivity contribution >= 4 is 0 Å². The van der Waals surface area contributed by atoms with Crippen LogP contribution in [0.5, 0.6) is 5.75 Å². The van der Waals surface area contributed by atoms with E-state index < -0.39 is 0 Å². The van der Waals surface area contributed by atoms with E-state index in [9.17, 15) is 4.39 Å². The lowest BCUT2D eigenvalue weighted by molar-refractivity contribution is 0.171. The van der Waals surface area contributed by atoms with Crippen LogP contribution in [0.1, 0.15) is 51.0 Å².